The first-order valence-electron chi connectivity index (χ1n) is 7.36. The van der Waals surface area contributed by atoms with Gasteiger partial charge in [0.25, 0.3) is 0 Å². The molecule has 19 heavy (non-hydrogen) atoms. The highest BCUT2D eigenvalue weighted by molar-refractivity contribution is 9.10. The Morgan fingerprint density at radius 2 is 1.95 bits per heavy atom. The van der Waals surface area contributed by atoms with E-state index in [0.717, 1.165) is 16.6 Å². The molecule has 0 aliphatic heterocycles. The topological polar surface area (TPSA) is 35.2 Å². The summed E-state index contributed by atoms with van der Waals surface area (Å²) in [6, 6.07) is 6.44. The maximum atomic E-state index is 6.15. The number of benzene rings is 1. The Morgan fingerprint density at radius 3 is 2.58 bits per heavy atom. The minimum absolute atomic E-state index is 0.171. The van der Waals surface area contributed by atoms with Crippen LogP contribution in [0.3, 0.4) is 0 Å². The summed E-state index contributed by atoms with van der Waals surface area (Å²) < 4.78 is 7.27. The van der Waals surface area contributed by atoms with Crippen molar-refractivity contribution in [2.45, 2.75) is 64.0 Å². The molecule has 1 aromatic rings. The molecule has 1 unspecified atom stereocenters. The Kier molecular flexibility index (Phi) is 5.71. The molecule has 0 spiro atoms. The van der Waals surface area contributed by atoms with Gasteiger partial charge in [-0.1, -0.05) is 28.8 Å². The summed E-state index contributed by atoms with van der Waals surface area (Å²) >= 11 is 3.59. The maximum Gasteiger partial charge on any atom is 0.120 e. The molecule has 1 fully saturated rings. The molecule has 0 amide bonds. The van der Waals surface area contributed by atoms with Gasteiger partial charge in [-0.25, -0.2) is 0 Å². The number of rotatable bonds is 4. The number of halogens is 1. The molecule has 106 valence electrons. The molecule has 1 aromatic carbocycles. The van der Waals surface area contributed by atoms with Crippen molar-refractivity contribution in [3.8, 4) is 5.75 Å². The number of hydrogen-bond donors (Lipinski definition) is 1. The largest absolute Gasteiger partial charge is 0.490 e. The highest BCUT2D eigenvalue weighted by atomic mass is 79.9. The van der Waals surface area contributed by atoms with E-state index >= 15 is 0 Å². The summed E-state index contributed by atoms with van der Waals surface area (Å²) in [4.78, 5) is 0. The molecule has 1 aliphatic carbocycles. The van der Waals surface area contributed by atoms with Gasteiger partial charge >= 0.3 is 0 Å². The van der Waals surface area contributed by atoms with Crippen LogP contribution >= 0.6 is 15.9 Å². The molecule has 1 atom stereocenters. The van der Waals surface area contributed by atoms with E-state index in [2.05, 4.69) is 34.1 Å². The molecule has 0 saturated heterocycles. The second-order valence-electron chi connectivity index (χ2n) is 5.67. The second kappa shape index (κ2) is 7.30. The van der Waals surface area contributed by atoms with Crippen LogP contribution in [-0.2, 0) is 6.42 Å². The van der Waals surface area contributed by atoms with Crippen molar-refractivity contribution in [3.05, 3.63) is 28.2 Å². The smallest absolute Gasteiger partial charge is 0.120 e. The molecule has 2 N–H and O–H groups in total. The van der Waals surface area contributed by atoms with E-state index in [0.29, 0.717) is 6.10 Å². The minimum Gasteiger partial charge on any atom is -0.490 e. The first-order chi connectivity index (χ1) is 9.15. The molecule has 1 saturated carbocycles. The molecule has 1 aliphatic rings. The van der Waals surface area contributed by atoms with Crippen molar-refractivity contribution in [3.63, 3.8) is 0 Å². The lowest BCUT2D eigenvalue weighted by atomic mass is 10.1. The lowest BCUT2D eigenvalue weighted by molar-refractivity contribution is 0.183. The van der Waals surface area contributed by atoms with Gasteiger partial charge in [0, 0.05) is 10.5 Å². The zero-order valence-corrected chi connectivity index (χ0v) is 13.3. The summed E-state index contributed by atoms with van der Waals surface area (Å²) in [6.07, 6.45) is 8.97. The van der Waals surface area contributed by atoms with Crippen molar-refractivity contribution < 1.29 is 4.74 Å². The fraction of sp³-hybridized carbons (Fsp3) is 0.625. The Labute approximate surface area is 124 Å². The quantitative estimate of drug-likeness (QED) is 0.830. The average Bonchev–Trinajstić information content (AvgIpc) is 2.61. The summed E-state index contributed by atoms with van der Waals surface area (Å²) in [7, 11) is 0. The number of ether oxygens (including phenoxy) is 1. The van der Waals surface area contributed by atoms with Crippen molar-refractivity contribution >= 4 is 15.9 Å². The van der Waals surface area contributed by atoms with Gasteiger partial charge in [-0.3, -0.25) is 0 Å². The van der Waals surface area contributed by atoms with Crippen LogP contribution < -0.4 is 10.5 Å². The van der Waals surface area contributed by atoms with E-state index in [4.69, 9.17) is 10.5 Å². The molecular weight excluding hydrogens is 302 g/mol. The van der Waals surface area contributed by atoms with E-state index in [1.54, 1.807) is 0 Å². The highest BCUT2D eigenvalue weighted by Gasteiger charge is 2.14. The van der Waals surface area contributed by atoms with Crippen LogP contribution in [0.25, 0.3) is 0 Å². The van der Waals surface area contributed by atoms with Crippen LogP contribution in [0.15, 0.2) is 22.7 Å². The third kappa shape index (κ3) is 4.81. The Morgan fingerprint density at radius 1 is 1.26 bits per heavy atom. The van der Waals surface area contributed by atoms with Crippen LogP contribution in [0.4, 0.5) is 0 Å². The Bertz CT molecular complexity index is 398. The van der Waals surface area contributed by atoms with Gasteiger partial charge in [-0.15, -0.1) is 0 Å². The van der Waals surface area contributed by atoms with Crippen LogP contribution in [0, 0.1) is 0 Å². The monoisotopic (exact) mass is 325 g/mol. The lowest BCUT2D eigenvalue weighted by Crippen LogP contribution is -2.18. The predicted molar refractivity (Wildman–Crippen MR) is 83.6 cm³/mol. The molecule has 0 bridgehead atoms. The fourth-order valence-electron chi connectivity index (χ4n) is 2.68. The van der Waals surface area contributed by atoms with E-state index in [1.807, 2.05) is 6.92 Å². The summed E-state index contributed by atoms with van der Waals surface area (Å²) in [5, 5.41) is 0. The number of hydrogen-bond acceptors (Lipinski definition) is 2. The average molecular weight is 326 g/mol. The van der Waals surface area contributed by atoms with Gasteiger partial charge in [0.05, 0.1) is 6.10 Å². The van der Waals surface area contributed by atoms with Gasteiger partial charge in [-0.2, -0.15) is 0 Å². The highest BCUT2D eigenvalue weighted by Crippen LogP contribution is 2.27. The van der Waals surface area contributed by atoms with Crippen molar-refractivity contribution in [1.82, 2.24) is 0 Å². The van der Waals surface area contributed by atoms with Gasteiger partial charge in [0.15, 0.2) is 0 Å². The predicted octanol–water partition coefficient (Wildman–Crippen LogP) is 4.44. The zero-order valence-electron chi connectivity index (χ0n) is 11.7. The third-order valence-electron chi connectivity index (χ3n) is 3.66. The van der Waals surface area contributed by atoms with Crippen molar-refractivity contribution in [1.29, 1.82) is 0 Å². The SMILES string of the molecule is CC(N)Cc1cc(OC2CCCCCC2)ccc1Br. The van der Waals surface area contributed by atoms with Crippen LogP contribution in [0.1, 0.15) is 51.0 Å². The summed E-state index contributed by atoms with van der Waals surface area (Å²) in [5.74, 6) is 0.991. The summed E-state index contributed by atoms with van der Waals surface area (Å²) in [5.41, 5.74) is 7.12. The second-order valence-corrected chi connectivity index (χ2v) is 6.52. The van der Waals surface area contributed by atoms with E-state index in [9.17, 15) is 0 Å². The molecule has 0 heterocycles. The molecular formula is C16H24BrNO. The van der Waals surface area contributed by atoms with E-state index < -0.39 is 0 Å². The maximum absolute atomic E-state index is 6.15. The molecule has 2 rings (SSSR count). The number of nitrogens with two attached hydrogens (primary N) is 1. The van der Waals surface area contributed by atoms with Gasteiger partial charge < -0.3 is 10.5 Å². The molecule has 0 radical (unpaired) electrons. The lowest BCUT2D eigenvalue weighted by Gasteiger charge is -2.18. The zero-order chi connectivity index (χ0) is 13.7. The third-order valence-corrected chi connectivity index (χ3v) is 4.44. The standard InChI is InChI=1S/C16H24BrNO/c1-12(18)10-13-11-15(8-9-16(13)17)19-14-6-4-2-3-5-7-14/h8-9,11-12,14H,2-7,10,18H2,1H3. The normalized spacial score (nSPS) is 18.9. The van der Waals surface area contributed by atoms with E-state index in [1.165, 1.54) is 44.1 Å². The van der Waals surface area contributed by atoms with Gasteiger partial charge in [-0.05, 0) is 62.8 Å². The van der Waals surface area contributed by atoms with Gasteiger partial charge in [0.2, 0.25) is 0 Å². The minimum atomic E-state index is 0.171. The van der Waals surface area contributed by atoms with Crippen molar-refractivity contribution in [2.75, 3.05) is 0 Å². The van der Waals surface area contributed by atoms with Crippen LogP contribution in [-0.4, -0.2) is 12.1 Å². The van der Waals surface area contributed by atoms with Crippen LogP contribution in [0.2, 0.25) is 0 Å². The molecule has 0 aromatic heterocycles. The van der Waals surface area contributed by atoms with Crippen molar-refractivity contribution in [2.24, 2.45) is 5.73 Å². The fourth-order valence-corrected chi connectivity index (χ4v) is 3.09. The Hall–Kier alpha value is -0.540. The van der Waals surface area contributed by atoms with Gasteiger partial charge in [0.1, 0.15) is 5.75 Å². The first kappa shape index (κ1) is 14.9. The summed E-state index contributed by atoms with van der Waals surface area (Å²) in [6.45, 7) is 2.03. The molecule has 3 heteroatoms. The van der Waals surface area contributed by atoms with E-state index in [-0.39, 0.29) is 6.04 Å². The first-order valence-corrected chi connectivity index (χ1v) is 8.15. The molecule has 2 nitrogen and oxygen atoms in total. The Balaban J connectivity index is 2.03. The van der Waals surface area contributed by atoms with Crippen LogP contribution in [0.5, 0.6) is 5.75 Å².